The second-order valence-electron chi connectivity index (χ2n) is 7.41. The van der Waals surface area contributed by atoms with Crippen LogP contribution in [0.25, 0.3) is 0 Å². The molecule has 2 atom stereocenters. The molecule has 14 nitrogen and oxygen atoms in total. The van der Waals surface area contributed by atoms with Crippen LogP contribution in [0, 0.1) is 16.0 Å². The number of nitrogens with zero attached hydrogens (tertiary/aromatic N) is 1. The monoisotopic (exact) mass is 468 g/mol. The molecule has 0 radical (unpaired) electrons. The van der Waals surface area contributed by atoms with Crippen molar-refractivity contribution in [3.8, 4) is 0 Å². The lowest BCUT2D eigenvalue weighted by Gasteiger charge is -2.24. The highest BCUT2D eigenvalue weighted by atomic mass is 16.6. The number of hydrogen-bond donors (Lipinski definition) is 7. The predicted octanol–water partition coefficient (Wildman–Crippen LogP) is 0.251. The molecule has 14 heteroatoms. The van der Waals surface area contributed by atoms with Crippen molar-refractivity contribution in [3.63, 3.8) is 0 Å². The van der Waals surface area contributed by atoms with Crippen molar-refractivity contribution in [2.24, 2.45) is 11.7 Å². The molecule has 2 unspecified atom stereocenters. The van der Waals surface area contributed by atoms with Gasteiger partial charge in [-0.3, -0.25) is 19.7 Å². The van der Waals surface area contributed by atoms with Crippen LogP contribution in [0.5, 0.6) is 0 Å². The van der Waals surface area contributed by atoms with Gasteiger partial charge in [0.2, 0.25) is 11.8 Å². The van der Waals surface area contributed by atoms with Gasteiger partial charge in [0.05, 0.1) is 17.1 Å². The largest absolute Gasteiger partial charge is 0.465 e. The minimum absolute atomic E-state index is 0.0482. The van der Waals surface area contributed by atoms with Gasteiger partial charge in [0.25, 0.3) is 5.69 Å². The van der Waals surface area contributed by atoms with Crippen molar-refractivity contribution < 1.29 is 34.3 Å². The fourth-order valence-corrected chi connectivity index (χ4v) is 2.89. The van der Waals surface area contributed by atoms with Gasteiger partial charge in [0, 0.05) is 18.3 Å². The summed E-state index contributed by atoms with van der Waals surface area (Å²) in [6.45, 7) is 2.79. The number of aliphatic hydroxyl groups excluding tert-OH is 1. The van der Waals surface area contributed by atoms with E-state index in [4.69, 9.17) is 10.8 Å². The lowest BCUT2D eigenvalue weighted by Crippen LogP contribution is -2.54. The number of urea groups is 1. The van der Waals surface area contributed by atoms with E-state index in [0.717, 1.165) is 6.07 Å². The number of primary amides is 1. The van der Waals surface area contributed by atoms with E-state index >= 15 is 0 Å². The van der Waals surface area contributed by atoms with Gasteiger partial charge in [-0.25, -0.2) is 9.59 Å². The quantitative estimate of drug-likeness (QED) is 0.127. The number of carboxylic acid groups (broad SMARTS) is 1. The van der Waals surface area contributed by atoms with E-state index in [1.807, 2.05) is 0 Å². The standard InChI is InChI=1S/C19H28N6O8/c1-10(2)15(24-19(30)31)17(28)23-13(4-3-7-21-18(20)29)16(27)22-12-6-5-11(9-26)14(8-12)25(32)33/h5-6,8,10,13,15,24,26H,3-4,7,9H2,1-2H3,(H,22,27)(H,23,28)(H,30,31)(H3,20,21,29). The number of benzene rings is 1. The molecular formula is C19H28N6O8. The first-order chi connectivity index (χ1) is 15.5. The highest BCUT2D eigenvalue weighted by Gasteiger charge is 2.29. The molecule has 0 bridgehead atoms. The second-order valence-corrected chi connectivity index (χ2v) is 7.41. The molecule has 5 amide bonds. The molecule has 8 N–H and O–H groups in total. The predicted molar refractivity (Wildman–Crippen MR) is 116 cm³/mol. The summed E-state index contributed by atoms with van der Waals surface area (Å²) in [6, 6.07) is 0.658. The van der Waals surface area contributed by atoms with Gasteiger partial charge >= 0.3 is 12.1 Å². The number of rotatable bonds is 12. The zero-order valence-corrected chi connectivity index (χ0v) is 18.2. The van der Waals surface area contributed by atoms with Crippen LogP contribution in [-0.2, 0) is 16.2 Å². The number of hydrogen-bond acceptors (Lipinski definition) is 7. The Balaban J connectivity index is 3.04. The highest BCUT2D eigenvalue weighted by Crippen LogP contribution is 2.23. The smallest absolute Gasteiger partial charge is 0.405 e. The zero-order chi connectivity index (χ0) is 25.1. The fraction of sp³-hybridized carbons (Fsp3) is 0.474. The summed E-state index contributed by atoms with van der Waals surface area (Å²) in [7, 11) is 0. The summed E-state index contributed by atoms with van der Waals surface area (Å²) < 4.78 is 0. The Morgan fingerprint density at radius 1 is 1.15 bits per heavy atom. The average molecular weight is 468 g/mol. The Kier molecular flexibility index (Phi) is 10.5. The molecule has 0 saturated heterocycles. The Labute approximate surface area is 189 Å². The molecule has 182 valence electrons. The number of nitro groups is 1. The third-order valence-electron chi connectivity index (χ3n) is 4.55. The normalized spacial score (nSPS) is 12.4. The van der Waals surface area contributed by atoms with E-state index in [1.165, 1.54) is 12.1 Å². The van der Waals surface area contributed by atoms with Crippen LogP contribution in [0.1, 0.15) is 32.3 Å². The van der Waals surface area contributed by atoms with E-state index < -0.39 is 59.2 Å². The van der Waals surface area contributed by atoms with Crippen LogP contribution in [0.2, 0.25) is 0 Å². The summed E-state index contributed by atoms with van der Waals surface area (Å²) >= 11 is 0. The van der Waals surface area contributed by atoms with Gasteiger partial charge < -0.3 is 37.2 Å². The first-order valence-electron chi connectivity index (χ1n) is 9.98. The van der Waals surface area contributed by atoms with E-state index in [9.17, 15) is 34.4 Å². The van der Waals surface area contributed by atoms with Gasteiger partial charge in [-0.1, -0.05) is 13.8 Å². The van der Waals surface area contributed by atoms with E-state index in [2.05, 4.69) is 21.3 Å². The van der Waals surface area contributed by atoms with Gasteiger partial charge in [0.15, 0.2) is 0 Å². The Bertz CT molecular complexity index is 891. The molecule has 0 heterocycles. The second kappa shape index (κ2) is 12.8. The minimum Gasteiger partial charge on any atom is -0.465 e. The molecule has 0 aromatic heterocycles. The van der Waals surface area contributed by atoms with Crippen LogP contribution >= 0.6 is 0 Å². The number of carbonyl (C=O) groups is 4. The molecular weight excluding hydrogens is 440 g/mol. The van der Waals surface area contributed by atoms with Crippen molar-refractivity contribution >= 4 is 35.3 Å². The molecule has 1 aromatic rings. The zero-order valence-electron chi connectivity index (χ0n) is 18.2. The molecule has 33 heavy (non-hydrogen) atoms. The van der Waals surface area contributed by atoms with Gasteiger partial charge in [-0.2, -0.15) is 0 Å². The maximum Gasteiger partial charge on any atom is 0.405 e. The molecule has 1 aromatic carbocycles. The summed E-state index contributed by atoms with van der Waals surface area (Å²) in [4.78, 5) is 57.8. The fourth-order valence-electron chi connectivity index (χ4n) is 2.89. The number of nitrogens with one attached hydrogen (secondary N) is 4. The van der Waals surface area contributed by atoms with Crippen molar-refractivity contribution in [1.82, 2.24) is 16.0 Å². The van der Waals surface area contributed by atoms with Crippen molar-refractivity contribution in [2.75, 3.05) is 11.9 Å². The maximum atomic E-state index is 12.8. The Morgan fingerprint density at radius 2 is 1.82 bits per heavy atom. The molecule has 0 aliphatic carbocycles. The topological polar surface area (TPSA) is 226 Å². The number of aliphatic hydroxyl groups is 1. The molecule has 0 spiro atoms. The lowest BCUT2D eigenvalue weighted by atomic mass is 10.0. The lowest BCUT2D eigenvalue weighted by molar-refractivity contribution is -0.385. The Morgan fingerprint density at radius 3 is 2.33 bits per heavy atom. The summed E-state index contributed by atoms with van der Waals surface area (Å²) in [6.07, 6.45) is -1.12. The van der Waals surface area contributed by atoms with Gasteiger partial charge in [-0.15, -0.1) is 0 Å². The molecule has 0 saturated carbocycles. The third kappa shape index (κ3) is 8.98. The first kappa shape index (κ1) is 27.1. The van der Waals surface area contributed by atoms with Crippen molar-refractivity contribution in [2.45, 2.75) is 45.4 Å². The van der Waals surface area contributed by atoms with Crippen molar-refractivity contribution in [3.05, 3.63) is 33.9 Å². The first-order valence-corrected chi connectivity index (χ1v) is 9.98. The maximum absolute atomic E-state index is 12.8. The van der Waals surface area contributed by atoms with Crippen LogP contribution in [0.3, 0.4) is 0 Å². The minimum atomic E-state index is -1.41. The molecule has 1 rings (SSSR count). The number of nitrogens with two attached hydrogens (primary N) is 1. The Hall–Kier alpha value is -3.94. The van der Waals surface area contributed by atoms with E-state index in [-0.39, 0.29) is 30.6 Å². The summed E-state index contributed by atoms with van der Waals surface area (Å²) in [5, 5.41) is 38.7. The van der Waals surface area contributed by atoms with Crippen LogP contribution < -0.4 is 27.0 Å². The SMILES string of the molecule is CC(C)C(NC(=O)O)C(=O)NC(CCCNC(N)=O)C(=O)Nc1ccc(CO)c([N+](=O)[O-])c1. The van der Waals surface area contributed by atoms with Crippen LogP contribution in [0.15, 0.2) is 18.2 Å². The number of anilines is 1. The number of amides is 5. The summed E-state index contributed by atoms with van der Waals surface area (Å²) in [5.41, 5.74) is 4.71. The van der Waals surface area contributed by atoms with Crippen LogP contribution in [0.4, 0.5) is 21.0 Å². The number of carbonyl (C=O) groups excluding carboxylic acids is 3. The van der Waals surface area contributed by atoms with E-state index in [0.29, 0.717) is 0 Å². The van der Waals surface area contributed by atoms with Gasteiger partial charge in [0.1, 0.15) is 12.1 Å². The number of nitro benzene ring substituents is 1. The average Bonchev–Trinajstić information content (AvgIpc) is 2.73. The van der Waals surface area contributed by atoms with E-state index in [1.54, 1.807) is 13.8 Å². The summed E-state index contributed by atoms with van der Waals surface area (Å²) in [5.74, 6) is -1.88. The van der Waals surface area contributed by atoms with Gasteiger partial charge in [-0.05, 0) is 30.9 Å². The molecule has 0 fully saturated rings. The molecule has 0 aliphatic heterocycles. The highest BCUT2D eigenvalue weighted by molar-refractivity contribution is 5.98. The third-order valence-corrected chi connectivity index (χ3v) is 4.55. The van der Waals surface area contributed by atoms with Crippen molar-refractivity contribution in [1.29, 1.82) is 0 Å². The van der Waals surface area contributed by atoms with Crippen LogP contribution in [-0.4, -0.2) is 57.7 Å². The molecule has 0 aliphatic rings.